The minimum absolute atomic E-state index is 0.000836. The molecule has 1 aromatic heterocycles. The van der Waals surface area contributed by atoms with E-state index in [-0.39, 0.29) is 17.6 Å². The van der Waals surface area contributed by atoms with Gasteiger partial charge < -0.3 is 19.4 Å². The summed E-state index contributed by atoms with van der Waals surface area (Å²) in [6.07, 6.45) is 0. The molecular weight excluding hydrogens is 428 g/mol. The average molecular weight is 449 g/mol. The fraction of sp³-hybridized carbons (Fsp3) is 0.263. The van der Waals surface area contributed by atoms with E-state index in [1.54, 1.807) is 31.2 Å². The number of amides is 1. The van der Waals surface area contributed by atoms with E-state index in [4.69, 9.17) is 14.6 Å². The van der Waals surface area contributed by atoms with Gasteiger partial charge in [-0.3, -0.25) is 4.79 Å². The van der Waals surface area contributed by atoms with Gasteiger partial charge in [0.05, 0.1) is 21.2 Å². The van der Waals surface area contributed by atoms with Gasteiger partial charge in [-0.2, -0.15) is 0 Å². The predicted octanol–water partition coefficient (Wildman–Crippen LogP) is 2.55. The number of nitrogens with two attached hydrogens (primary N) is 1. The second-order valence-corrected chi connectivity index (χ2v) is 9.52. The number of fused-ring (bicyclic) bond motifs is 2. The number of imidazole rings is 1. The molecule has 3 N–H and O–H groups in total. The Bertz CT molecular complexity index is 1240. The highest BCUT2D eigenvalue weighted by Gasteiger charge is 2.21. The highest BCUT2D eigenvalue weighted by molar-refractivity contribution is 8.00. The number of rotatable bonds is 6. The molecule has 0 saturated carbocycles. The third-order valence-corrected chi connectivity index (χ3v) is 6.62. The summed E-state index contributed by atoms with van der Waals surface area (Å²) in [5, 5.41) is 8.25. The molecule has 9 nitrogen and oxygen atoms in total. The van der Waals surface area contributed by atoms with Crippen molar-refractivity contribution in [2.24, 2.45) is 5.14 Å². The zero-order valence-corrected chi connectivity index (χ0v) is 17.9. The van der Waals surface area contributed by atoms with Crippen molar-refractivity contribution in [3.8, 4) is 11.5 Å². The molecule has 0 spiro atoms. The van der Waals surface area contributed by atoms with E-state index in [2.05, 4.69) is 10.3 Å². The Balaban J connectivity index is 1.54. The molecule has 2 aromatic carbocycles. The molecule has 3 aromatic rings. The number of hydrogen-bond donors (Lipinski definition) is 2. The van der Waals surface area contributed by atoms with Crippen LogP contribution >= 0.6 is 11.8 Å². The Hall–Kier alpha value is -2.76. The van der Waals surface area contributed by atoms with Gasteiger partial charge in [-0.1, -0.05) is 11.8 Å². The molecule has 158 valence electrons. The number of carbonyl (C=O) groups is 1. The van der Waals surface area contributed by atoms with Gasteiger partial charge in [-0.25, -0.2) is 18.5 Å². The van der Waals surface area contributed by atoms with Crippen LogP contribution in [0, 0.1) is 0 Å². The lowest BCUT2D eigenvalue weighted by atomic mass is 10.2. The lowest BCUT2D eigenvalue weighted by Crippen LogP contribution is -2.22. The van der Waals surface area contributed by atoms with E-state index < -0.39 is 15.3 Å². The zero-order chi connectivity index (χ0) is 21.5. The molecule has 0 fully saturated rings. The lowest BCUT2D eigenvalue weighted by molar-refractivity contribution is -0.115. The van der Waals surface area contributed by atoms with Crippen LogP contribution in [0.3, 0.4) is 0 Å². The van der Waals surface area contributed by atoms with Crippen molar-refractivity contribution in [2.45, 2.75) is 35.7 Å². The van der Waals surface area contributed by atoms with Crippen LogP contribution in [0.25, 0.3) is 11.0 Å². The Labute approximate surface area is 177 Å². The van der Waals surface area contributed by atoms with Crippen molar-refractivity contribution in [1.29, 1.82) is 0 Å². The normalized spacial score (nSPS) is 14.1. The van der Waals surface area contributed by atoms with Crippen LogP contribution < -0.4 is 19.9 Å². The van der Waals surface area contributed by atoms with E-state index in [9.17, 15) is 13.2 Å². The molecule has 0 aliphatic carbocycles. The molecule has 0 unspecified atom stereocenters. The number of hydrogen-bond acceptors (Lipinski definition) is 7. The van der Waals surface area contributed by atoms with E-state index in [1.807, 2.05) is 11.5 Å². The number of sulfonamides is 1. The van der Waals surface area contributed by atoms with Crippen molar-refractivity contribution in [3.05, 3.63) is 36.4 Å². The van der Waals surface area contributed by atoms with Gasteiger partial charge in [0.2, 0.25) is 22.7 Å². The standard InChI is InChI=1S/C19H20N4O5S2/c1-3-23-15-6-5-13(30(20,25)26)9-14(15)22-19(23)29-11(2)18(24)21-12-4-7-16-17(8-12)28-10-27-16/h4-9,11H,3,10H2,1-2H3,(H,21,24)(H2,20,25,26)/t11-/m0/s1. The largest absolute Gasteiger partial charge is 0.454 e. The minimum atomic E-state index is -3.82. The first kappa shape index (κ1) is 20.5. The van der Waals surface area contributed by atoms with E-state index in [0.29, 0.717) is 34.4 Å². The molecular formula is C19H20N4O5S2. The molecule has 0 bridgehead atoms. The maximum Gasteiger partial charge on any atom is 0.238 e. The van der Waals surface area contributed by atoms with Crippen molar-refractivity contribution < 1.29 is 22.7 Å². The fourth-order valence-electron chi connectivity index (χ4n) is 3.09. The van der Waals surface area contributed by atoms with Crippen LogP contribution in [0.5, 0.6) is 11.5 Å². The topological polar surface area (TPSA) is 126 Å². The number of anilines is 1. The van der Waals surface area contributed by atoms with Crippen molar-refractivity contribution >= 4 is 44.4 Å². The van der Waals surface area contributed by atoms with Crippen LogP contribution in [0.2, 0.25) is 0 Å². The molecule has 2 heterocycles. The second-order valence-electron chi connectivity index (χ2n) is 6.65. The van der Waals surface area contributed by atoms with Gasteiger partial charge in [0.1, 0.15) is 0 Å². The number of aromatic nitrogens is 2. The molecule has 1 atom stereocenters. The second kappa shape index (κ2) is 7.82. The van der Waals surface area contributed by atoms with Crippen LogP contribution in [0.15, 0.2) is 46.5 Å². The van der Waals surface area contributed by atoms with Crippen molar-refractivity contribution in [3.63, 3.8) is 0 Å². The summed E-state index contributed by atoms with van der Waals surface area (Å²) in [5.74, 6) is 1.04. The Morgan fingerprint density at radius 2 is 2.03 bits per heavy atom. The van der Waals surface area contributed by atoms with Crippen LogP contribution in [-0.4, -0.2) is 35.9 Å². The van der Waals surface area contributed by atoms with Crippen LogP contribution in [0.4, 0.5) is 5.69 Å². The number of carbonyl (C=O) groups excluding carboxylic acids is 1. The lowest BCUT2D eigenvalue weighted by Gasteiger charge is -2.13. The van der Waals surface area contributed by atoms with Gasteiger partial charge in [0.15, 0.2) is 16.7 Å². The molecule has 4 rings (SSSR count). The van der Waals surface area contributed by atoms with Gasteiger partial charge in [0.25, 0.3) is 0 Å². The molecule has 1 amide bonds. The van der Waals surface area contributed by atoms with Crippen molar-refractivity contribution in [1.82, 2.24) is 9.55 Å². The zero-order valence-electron chi connectivity index (χ0n) is 16.3. The SMILES string of the molecule is CCn1c(S[C@@H](C)C(=O)Nc2ccc3c(c2)OCO3)nc2cc(S(N)(=O)=O)ccc21. The molecule has 0 saturated heterocycles. The summed E-state index contributed by atoms with van der Waals surface area (Å²) in [5.41, 5.74) is 1.89. The monoisotopic (exact) mass is 448 g/mol. The first-order chi connectivity index (χ1) is 14.3. The molecule has 1 aliphatic rings. The molecule has 1 aliphatic heterocycles. The van der Waals surface area contributed by atoms with Gasteiger partial charge in [-0.15, -0.1) is 0 Å². The summed E-state index contributed by atoms with van der Waals surface area (Å²) in [6.45, 7) is 4.52. The Morgan fingerprint density at radius 3 is 2.77 bits per heavy atom. The number of benzene rings is 2. The number of nitrogens with one attached hydrogen (secondary N) is 1. The number of ether oxygens (including phenoxy) is 2. The maximum atomic E-state index is 12.7. The first-order valence-corrected chi connectivity index (χ1v) is 11.6. The maximum absolute atomic E-state index is 12.7. The summed E-state index contributed by atoms with van der Waals surface area (Å²) < 4.78 is 35.8. The highest BCUT2D eigenvalue weighted by atomic mass is 32.2. The first-order valence-electron chi connectivity index (χ1n) is 9.16. The van der Waals surface area contributed by atoms with E-state index in [1.165, 1.54) is 23.9 Å². The average Bonchev–Trinajstić information content (AvgIpc) is 3.29. The number of primary sulfonamides is 1. The van der Waals surface area contributed by atoms with E-state index >= 15 is 0 Å². The summed E-state index contributed by atoms with van der Waals surface area (Å²) in [6, 6.07) is 9.78. The molecule has 11 heteroatoms. The third kappa shape index (κ3) is 3.95. The Morgan fingerprint density at radius 1 is 1.27 bits per heavy atom. The fourth-order valence-corrected chi connectivity index (χ4v) is 4.61. The van der Waals surface area contributed by atoms with Crippen LogP contribution in [-0.2, 0) is 21.4 Å². The summed E-state index contributed by atoms with van der Waals surface area (Å²) in [7, 11) is -3.82. The van der Waals surface area contributed by atoms with Crippen LogP contribution in [0.1, 0.15) is 13.8 Å². The Kier molecular flexibility index (Phi) is 5.35. The summed E-state index contributed by atoms with van der Waals surface area (Å²) >= 11 is 1.29. The van der Waals surface area contributed by atoms with E-state index in [0.717, 1.165) is 5.52 Å². The van der Waals surface area contributed by atoms with Gasteiger partial charge in [0, 0.05) is 18.3 Å². The molecule has 0 radical (unpaired) electrons. The van der Waals surface area contributed by atoms with Gasteiger partial charge in [-0.05, 0) is 44.2 Å². The summed E-state index contributed by atoms with van der Waals surface area (Å²) in [4.78, 5) is 17.2. The highest BCUT2D eigenvalue weighted by Crippen LogP contribution is 2.35. The van der Waals surface area contributed by atoms with Gasteiger partial charge >= 0.3 is 0 Å². The smallest absolute Gasteiger partial charge is 0.238 e. The predicted molar refractivity (Wildman–Crippen MR) is 113 cm³/mol. The quantitative estimate of drug-likeness (QED) is 0.555. The minimum Gasteiger partial charge on any atom is -0.454 e. The molecule has 30 heavy (non-hydrogen) atoms. The third-order valence-electron chi connectivity index (χ3n) is 4.62. The number of nitrogens with zero attached hydrogens (tertiary/aromatic N) is 2. The number of aryl methyl sites for hydroxylation is 1. The number of thioether (sulfide) groups is 1. The van der Waals surface area contributed by atoms with Crippen molar-refractivity contribution in [2.75, 3.05) is 12.1 Å².